The third-order valence-corrected chi connectivity index (χ3v) is 9.23. The Bertz CT molecular complexity index is 1770. The van der Waals surface area contributed by atoms with E-state index in [1.807, 2.05) is 0 Å². The molecule has 3 saturated heterocycles. The predicted molar refractivity (Wildman–Crippen MR) is 170 cm³/mol. The van der Waals surface area contributed by atoms with Crippen LogP contribution in [-0.2, 0) is 18.9 Å². The molecule has 0 amide bonds. The van der Waals surface area contributed by atoms with E-state index >= 15 is 0 Å². The van der Waals surface area contributed by atoms with E-state index < -0.39 is 121 Å². The minimum absolute atomic E-state index is 0.138. The van der Waals surface area contributed by atoms with E-state index in [0.29, 0.717) is 0 Å². The SMILES string of the molecule is C[C@@H]1O[C@@H](Oc2cc(O)c3c(=O)c(OC4O[C@H](COC5O[C@@H](C)[C@H](O)[C@@H](O)[C@H]5O)[C@H](O)[C@H](O)[C@H]4O)c(-c4ccc(O)cc4)oc3c2)[C@H](O)[C@H](O)[C@H]1O. The lowest BCUT2D eigenvalue weighted by molar-refractivity contribution is -0.318. The first-order valence-electron chi connectivity index (χ1n) is 16.2. The molecule has 15 atom stereocenters. The van der Waals surface area contributed by atoms with E-state index in [2.05, 4.69) is 0 Å². The third-order valence-electron chi connectivity index (χ3n) is 9.23. The van der Waals surface area contributed by atoms with Crippen molar-refractivity contribution in [3.05, 3.63) is 46.6 Å². The summed E-state index contributed by atoms with van der Waals surface area (Å²) >= 11 is 0. The highest BCUT2D eigenvalue weighted by atomic mass is 16.7. The van der Waals surface area contributed by atoms with Crippen LogP contribution in [0.2, 0.25) is 0 Å². The van der Waals surface area contributed by atoms with E-state index in [4.69, 9.17) is 32.8 Å². The number of phenols is 2. The minimum Gasteiger partial charge on any atom is -0.508 e. The van der Waals surface area contributed by atoms with Crippen LogP contribution < -0.4 is 14.9 Å². The van der Waals surface area contributed by atoms with E-state index in [1.165, 1.54) is 44.2 Å². The molecular formula is C33H40O19. The summed E-state index contributed by atoms with van der Waals surface area (Å²) in [6.07, 6.45) is -23.5. The van der Waals surface area contributed by atoms with Crippen LogP contribution in [0.5, 0.6) is 23.0 Å². The van der Waals surface area contributed by atoms with Crippen LogP contribution in [0.3, 0.4) is 0 Å². The number of benzene rings is 2. The first kappa shape index (κ1) is 38.1. The number of ether oxygens (including phenoxy) is 6. The molecule has 4 heterocycles. The summed E-state index contributed by atoms with van der Waals surface area (Å²) in [6.45, 7) is 2.25. The van der Waals surface area contributed by atoms with Gasteiger partial charge in [0, 0.05) is 17.7 Å². The Hall–Kier alpha value is -3.67. The Kier molecular flexibility index (Phi) is 11.0. The molecule has 19 heteroatoms. The van der Waals surface area contributed by atoms with E-state index in [9.17, 15) is 61.0 Å². The van der Waals surface area contributed by atoms with Crippen molar-refractivity contribution in [2.45, 2.75) is 106 Å². The number of aliphatic hydroxyl groups excluding tert-OH is 9. The van der Waals surface area contributed by atoms with Gasteiger partial charge in [0.1, 0.15) is 89.3 Å². The molecule has 0 spiro atoms. The van der Waals surface area contributed by atoms with Gasteiger partial charge in [-0.3, -0.25) is 4.79 Å². The number of hydrogen-bond acceptors (Lipinski definition) is 19. The number of aliphatic hydroxyl groups is 9. The molecule has 6 rings (SSSR count). The van der Waals surface area contributed by atoms with Gasteiger partial charge in [0.05, 0.1) is 18.8 Å². The van der Waals surface area contributed by atoms with Crippen molar-refractivity contribution in [2.75, 3.05) is 6.61 Å². The van der Waals surface area contributed by atoms with Crippen LogP contribution in [0.25, 0.3) is 22.3 Å². The van der Waals surface area contributed by atoms with Crippen molar-refractivity contribution < 1.29 is 89.0 Å². The minimum atomic E-state index is -1.98. The molecule has 0 bridgehead atoms. The number of rotatable bonds is 8. The smallest absolute Gasteiger partial charge is 0.239 e. The molecule has 2 unspecified atom stereocenters. The fourth-order valence-electron chi connectivity index (χ4n) is 6.09. The Labute approximate surface area is 293 Å². The summed E-state index contributed by atoms with van der Waals surface area (Å²) in [6, 6.07) is 7.38. The normalized spacial score (nSPS) is 38.2. The van der Waals surface area contributed by atoms with Crippen LogP contribution in [-0.4, -0.2) is 155 Å². The summed E-state index contributed by atoms with van der Waals surface area (Å²) in [5.74, 6) is -2.01. The maximum atomic E-state index is 14.0. The van der Waals surface area contributed by atoms with Crippen LogP contribution >= 0.6 is 0 Å². The van der Waals surface area contributed by atoms with Gasteiger partial charge in [-0.25, -0.2) is 0 Å². The number of aromatic hydroxyl groups is 2. The van der Waals surface area contributed by atoms with Gasteiger partial charge in [-0.2, -0.15) is 0 Å². The van der Waals surface area contributed by atoms with E-state index in [1.54, 1.807) is 0 Å². The summed E-state index contributed by atoms with van der Waals surface area (Å²) in [7, 11) is 0. The predicted octanol–water partition coefficient (Wildman–Crippen LogP) is -2.89. The maximum Gasteiger partial charge on any atom is 0.239 e. The van der Waals surface area contributed by atoms with Crippen LogP contribution in [0.1, 0.15) is 13.8 Å². The van der Waals surface area contributed by atoms with Gasteiger partial charge in [0.2, 0.25) is 23.8 Å². The van der Waals surface area contributed by atoms with Gasteiger partial charge >= 0.3 is 0 Å². The van der Waals surface area contributed by atoms with Gasteiger partial charge in [-0.05, 0) is 38.1 Å². The van der Waals surface area contributed by atoms with E-state index in [0.717, 1.165) is 6.07 Å². The second kappa shape index (κ2) is 15.0. The fraction of sp³-hybridized carbons (Fsp3) is 0.545. The van der Waals surface area contributed by atoms with Crippen molar-refractivity contribution in [1.82, 2.24) is 0 Å². The van der Waals surface area contributed by atoms with Crippen molar-refractivity contribution in [3.63, 3.8) is 0 Å². The zero-order valence-electron chi connectivity index (χ0n) is 27.5. The lowest BCUT2D eigenvalue weighted by Gasteiger charge is -2.42. The van der Waals surface area contributed by atoms with Gasteiger partial charge in [-0.15, -0.1) is 0 Å². The van der Waals surface area contributed by atoms with Crippen molar-refractivity contribution in [3.8, 4) is 34.3 Å². The first-order valence-corrected chi connectivity index (χ1v) is 16.2. The molecule has 0 saturated carbocycles. The molecular weight excluding hydrogens is 700 g/mol. The Balaban J connectivity index is 1.32. The number of fused-ring (bicyclic) bond motifs is 1. The van der Waals surface area contributed by atoms with Gasteiger partial charge in [-0.1, -0.05) is 0 Å². The molecule has 19 nitrogen and oxygen atoms in total. The largest absolute Gasteiger partial charge is 0.508 e. The summed E-state index contributed by atoms with van der Waals surface area (Å²) in [4.78, 5) is 14.0. The zero-order valence-corrected chi connectivity index (χ0v) is 27.5. The lowest BCUT2D eigenvalue weighted by Crippen LogP contribution is -2.61. The van der Waals surface area contributed by atoms with Gasteiger partial charge in [0.15, 0.2) is 12.1 Å². The molecule has 11 N–H and O–H groups in total. The average molecular weight is 741 g/mol. The highest BCUT2D eigenvalue weighted by molar-refractivity contribution is 5.88. The lowest BCUT2D eigenvalue weighted by atomic mass is 9.98. The quantitative estimate of drug-likeness (QED) is 0.110. The first-order chi connectivity index (χ1) is 24.6. The Morgan fingerprint density at radius 3 is 1.79 bits per heavy atom. The second-order valence-electron chi connectivity index (χ2n) is 12.9. The summed E-state index contributed by atoms with van der Waals surface area (Å²) < 4.78 is 39.5. The second-order valence-corrected chi connectivity index (χ2v) is 12.9. The molecule has 0 radical (unpaired) electrons. The maximum absolute atomic E-state index is 14.0. The number of hydrogen-bond donors (Lipinski definition) is 11. The van der Waals surface area contributed by atoms with E-state index in [-0.39, 0.29) is 28.4 Å². The molecule has 3 aromatic rings. The summed E-state index contributed by atoms with van der Waals surface area (Å²) in [5.41, 5.74) is -1.16. The van der Waals surface area contributed by atoms with Gasteiger partial charge in [0.25, 0.3) is 0 Å². The van der Waals surface area contributed by atoms with Crippen molar-refractivity contribution in [1.29, 1.82) is 0 Å². The van der Waals surface area contributed by atoms with Crippen LogP contribution in [0, 0.1) is 0 Å². The average Bonchev–Trinajstić information content (AvgIpc) is 3.11. The standard InChI is InChI=1S/C33H40O19/c1-10-19(36)23(40)26(43)31(47-10)46-9-17-21(38)25(42)28(45)33(51-17)52-30-22(39)18-15(35)7-14(49-32-27(44)24(41)20(37)11(2)48-32)8-16(18)50-29(30)12-3-5-13(34)6-4-12/h3-8,10-11,17,19-21,23-28,31-38,40-45H,9H2,1-2H3/t10-,11-,17+,19-,20-,21-,23+,24+,25-,26+,27+,28+,31?,32-,33?/m0/s1. The fourth-order valence-corrected chi connectivity index (χ4v) is 6.09. The highest BCUT2D eigenvalue weighted by Crippen LogP contribution is 2.38. The van der Waals surface area contributed by atoms with Crippen LogP contribution in [0.4, 0.5) is 0 Å². The number of phenolic OH excluding ortho intramolecular Hbond substituents is 2. The highest BCUT2D eigenvalue weighted by Gasteiger charge is 2.48. The monoisotopic (exact) mass is 740 g/mol. The molecule has 1 aromatic heterocycles. The van der Waals surface area contributed by atoms with Crippen molar-refractivity contribution >= 4 is 11.0 Å². The molecule has 3 aliphatic heterocycles. The molecule has 52 heavy (non-hydrogen) atoms. The molecule has 2 aromatic carbocycles. The molecule has 3 aliphatic rings. The Morgan fingerprint density at radius 1 is 0.635 bits per heavy atom. The molecule has 3 fully saturated rings. The van der Waals surface area contributed by atoms with Gasteiger partial charge < -0.3 is 89.0 Å². The van der Waals surface area contributed by atoms with Crippen molar-refractivity contribution in [2.24, 2.45) is 0 Å². The summed E-state index contributed by atoms with van der Waals surface area (Å²) in [5, 5.41) is 114. The third kappa shape index (κ3) is 7.16. The Morgan fingerprint density at radius 2 is 1.17 bits per heavy atom. The topological polar surface area (TPSA) is 308 Å². The van der Waals surface area contributed by atoms with Crippen LogP contribution in [0.15, 0.2) is 45.6 Å². The molecule has 0 aliphatic carbocycles. The molecule has 286 valence electrons. The zero-order chi connectivity index (χ0) is 37.8.